The Labute approximate surface area is 86.8 Å². The topological polar surface area (TPSA) is 78.3 Å². The molecule has 0 aliphatic heterocycles. The minimum Gasteiger partial charge on any atom is -0.394 e. The molecule has 1 aromatic heterocycles. The molecule has 0 radical (unpaired) electrons. The van der Waals surface area contributed by atoms with Gasteiger partial charge in [-0.2, -0.15) is 0 Å². The highest BCUT2D eigenvalue weighted by atomic mass is 35.5. The molecule has 0 saturated carbocycles. The molecule has 0 unspecified atom stereocenters. The number of halogens is 1. The van der Waals surface area contributed by atoms with Crippen molar-refractivity contribution < 1.29 is 10.2 Å². The summed E-state index contributed by atoms with van der Waals surface area (Å²) >= 11 is 5.57. The maximum absolute atomic E-state index is 9.02. The Morgan fingerprint density at radius 2 is 2.14 bits per heavy atom. The minimum absolute atomic E-state index is 0.119. The average molecular weight is 218 g/mol. The number of rotatable bonds is 4. The van der Waals surface area contributed by atoms with Gasteiger partial charge in [-0.25, -0.2) is 9.97 Å². The third-order valence-electron chi connectivity index (χ3n) is 1.75. The van der Waals surface area contributed by atoms with Gasteiger partial charge in [-0.3, -0.25) is 0 Å². The predicted molar refractivity (Wildman–Crippen MR) is 53.2 cm³/mol. The van der Waals surface area contributed by atoms with Crippen LogP contribution in [-0.4, -0.2) is 38.9 Å². The van der Waals surface area contributed by atoms with Gasteiger partial charge >= 0.3 is 0 Å². The molecule has 0 spiro atoms. The zero-order valence-electron chi connectivity index (χ0n) is 7.74. The van der Waals surface area contributed by atoms with Crippen LogP contribution in [0, 0.1) is 0 Å². The minimum atomic E-state index is -0.808. The third-order valence-corrected chi connectivity index (χ3v) is 1.94. The summed E-state index contributed by atoms with van der Waals surface area (Å²) < 4.78 is 0. The molecule has 3 N–H and O–H groups in total. The van der Waals surface area contributed by atoms with E-state index in [0.717, 1.165) is 0 Å². The molecule has 0 aliphatic carbocycles. The molecule has 0 aliphatic rings. The molecule has 14 heavy (non-hydrogen) atoms. The Bertz CT molecular complexity index is 304. The summed E-state index contributed by atoms with van der Waals surface area (Å²) in [5.74, 6) is 0.468. The number of hydrogen-bond donors (Lipinski definition) is 3. The molecule has 6 heteroatoms. The first kappa shape index (κ1) is 11.2. The first-order valence-electron chi connectivity index (χ1n) is 4.08. The van der Waals surface area contributed by atoms with Crippen molar-refractivity contribution in [2.45, 2.75) is 12.5 Å². The monoisotopic (exact) mass is 217 g/mol. The third kappa shape index (κ3) is 2.80. The second-order valence-corrected chi connectivity index (χ2v) is 3.55. The Balaban J connectivity index is 2.77. The molecular formula is C8H12ClN3O2. The van der Waals surface area contributed by atoms with Gasteiger partial charge in [0, 0.05) is 6.20 Å². The van der Waals surface area contributed by atoms with Crippen molar-refractivity contribution in [1.29, 1.82) is 0 Å². The van der Waals surface area contributed by atoms with Crippen molar-refractivity contribution in [2.75, 3.05) is 18.5 Å². The van der Waals surface area contributed by atoms with Crippen molar-refractivity contribution in [3.05, 3.63) is 17.5 Å². The second-order valence-electron chi connectivity index (χ2n) is 3.21. The van der Waals surface area contributed by atoms with Crippen molar-refractivity contribution in [3.8, 4) is 0 Å². The van der Waals surface area contributed by atoms with Gasteiger partial charge in [-0.1, -0.05) is 0 Å². The second kappa shape index (κ2) is 4.54. The summed E-state index contributed by atoms with van der Waals surface area (Å²) in [5, 5.41) is 21.0. The van der Waals surface area contributed by atoms with Crippen LogP contribution in [0.1, 0.15) is 6.92 Å². The lowest BCUT2D eigenvalue weighted by Gasteiger charge is -2.26. The molecule has 0 atom stereocenters. The quantitative estimate of drug-likeness (QED) is 0.632. The van der Waals surface area contributed by atoms with Gasteiger partial charge in [0.2, 0.25) is 5.28 Å². The molecule has 0 amide bonds. The van der Waals surface area contributed by atoms with Crippen molar-refractivity contribution >= 4 is 17.4 Å². The number of nitrogens with one attached hydrogen (secondary N) is 1. The van der Waals surface area contributed by atoms with E-state index in [1.807, 2.05) is 0 Å². The summed E-state index contributed by atoms with van der Waals surface area (Å²) in [6.07, 6.45) is 1.49. The van der Waals surface area contributed by atoms with Crippen LogP contribution in [0.4, 0.5) is 5.82 Å². The van der Waals surface area contributed by atoms with Crippen LogP contribution in [0.3, 0.4) is 0 Å². The highest BCUT2D eigenvalue weighted by molar-refractivity contribution is 6.28. The largest absolute Gasteiger partial charge is 0.394 e. The van der Waals surface area contributed by atoms with E-state index in [1.165, 1.54) is 6.20 Å². The molecular weight excluding hydrogens is 206 g/mol. The summed E-state index contributed by atoms with van der Waals surface area (Å²) in [5.41, 5.74) is -0.808. The van der Waals surface area contributed by atoms with E-state index in [1.54, 1.807) is 13.0 Å². The predicted octanol–water partition coefficient (Wildman–Crippen LogP) is 0.285. The number of aromatic nitrogens is 2. The van der Waals surface area contributed by atoms with E-state index >= 15 is 0 Å². The SMILES string of the molecule is CC(CO)(CO)Nc1ccnc(Cl)n1. The van der Waals surface area contributed by atoms with Gasteiger partial charge in [0.25, 0.3) is 0 Å². The van der Waals surface area contributed by atoms with Gasteiger partial charge in [0.15, 0.2) is 0 Å². The highest BCUT2D eigenvalue weighted by Gasteiger charge is 2.22. The normalized spacial score (nSPS) is 11.4. The van der Waals surface area contributed by atoms with Crippen LogP contribution in [-0.2, 0) is 0 Å². The number of aliphatic hydroxyl groups is 2. The maximum atomic E-state index is 9.02. The van der Waals surface area contributed by atoms with Crippen LogP contribution in [0.5, 0.6) is 0 Å². The smallest absolute Gasteiger partial charge is 0.224 e. The number of aliphatic hydroxyl groups excluding tert-OH is 2. The van der Waals surface area contributed by atoms with Crippen LogP contribution in [0.15, 0.2) is 12.3 Å². The van der Waals surface area contributed by atoms with Gasteiger partial charge in [-0.15, -0.1) is 0 Å². The summed E-state index contributed by atoms with van der Waals surface area (Å²) in [7, 11) is 0. The van der Waals surface area contributed by atoms with E-state index < -0.39 is 5.54 Å². The highest BCUT2D eigenvalue weighted by Crippen LogP contribution is 2.13. The molecule has 0 saturated heterocycles. The lowest BCUT2D eigenvalue weighted by Crippen LogP contribution is -2.42. The molecule has 0 bridgehead atoms. The Hall–Kier alpha value is -0.910. The molecule has 1 rings (SSSR count). The van der Waals surface area contributed by atoms with Crippen molar-refractivity contribution in [2.24, 2.45) is 0 Å². The van der Waals surface area contributed by atoms with Crippen LogP contribution in [0.25, 0.3) is 0 Å². The van der Waals surface area contributed by atoms with Gasteiger partial charge in [-0.05, 0) is 24.6 Å². The van der Waals surface area contributed by atoms with E-state index in [2.05, 4.69) is 15.3 Å². The zero-order chi connectivity index (χ0) is 10.6. The van der Waals surface area contributed by atoms with Crippen LogP contribution in [0.2, 0.25) is 5.28 Å². The maximum Gasteiger partial charge on any atom is 0.224 e. The number of hydrogen-bond acceptors (Lipinski definition) is 5. The van der Waals surface area contributed by atoms with Gasteiger partial charge in [0.1, 0.15) is 5.82 Å². The molecule has 1 heterocycles. The lowest BCUT2D eigenvalue weighted by atomic mass is 10.1. The van der Waals surface area contributed by atoms with E-state index in [0.29, 0.717) is 5.82 Å². The molecule has 0 aromatic carbocycles. The van der Waals surface area contributed by atoms with Crippen LogP contribution < -0.4 is 5.32 Å². The molecule has 78 valence electrons. The zero-order valence-corrected chi connectivity index (χ0v) is 8.49. The summed E-state index contributed by atoms with van der Waals surface area (Å²) in [6.45, 7) is 1.26. The standard InChI is InChI=1S/C8H12ClN3O2/c1-8(4-13,5-14)12-6-2-3-10-7(9)11-6/h2-3,13-14H,4-5H2,1H3,(H,10,11,12). The first-order chi connectivity index (χ1) is 6.59. The molecule has 5 nitrogen and oxygen atoms in total. The summed E-state index contributed by atoms with van der Waals surface area (Å²) in [6, 6.07) is 1.61. The summed E-state index contributed by atoms with van der Waals surface area (Å²) in [4.78, 5) is 7.59. The van der Waals surface area contributed by atoms with E-state index in [4.69, 9.17) is 21.8 Å². The first-order valence-corrected chi connectivity index (χ1v) is 4.46. The average Bonchev–Trinajstić information content (AvgIpc) is 2.18. The fraction of sp³-hybridized carbons (Fsp3) is 0.500. The molecule has 0 fully saturated rings. The van der Waals surface area contributed by atoms with Crippen molar-refractivity contribution in [3.63, 3.8) is 0 Å². The Morgan fingerprint density at radius 3 is 2.64 bits per heavy atom. The Kier molecular flexibility index (Phi) is 3.62. The van der Waals surface area contributed by atoms with Gasteiger partial charge in [0.05, 0.1) is 18.8 Å². The lowest BCUT2D eigenvalue weighted by molar-refractivity contribution is 0.147. The van der Waals surface area contributed by atoms with E-state index in [9.17, 15) is 0 Å². The van der Waals surface area contributed by atoms with Crippen molar-refractivity contribution in [1.82, 2.24) is 9.97 Å². The van der Waals surface area contributed by atoms with Crippen LogP contribution >= 0.6 is 11.6 Å². The fourth-order valence-electron chi connectivity index (χ4n) is 0.843. The Morgan fingerprint density at radius 1 is 1.50 bits per heavy atom. The van der Waals surface area contributed by atoms with E-state index in [-0.39, 0.29) is 18.5 Å². The molecule has 1 aromatic rings. The fourth-order valence-corrected chi connectivity index (χ4v) is 0.990. The number of anilines is 1. The number of nitrogens with zero attached hydrogens (tertiary/aromatic N) is 2. The van der Waals surface area contributed by atoms with Gasteiger partial charge < -0.3 is 15.5 Å².